The summed E-state index contributed by atoms with van der Waals surface area (Å²) in [6.45, 7) is 4.78. The van der Waals surface area contributed by atoms with Crippen molar-refractivity contribution in [3.8, 4) is 0 Å². The number of halogens is 1. The van der Waals surface area contributed by atoms with Gasteiger partial charge in [0, 0.05) is 56.2 Å². The molecule has 0 aromatic carbocycles. The van der Waals surface area contributed by atoms with Crippen molar-refractivity contribution in [3.63, 3.8) is 0 Å². The molecule has 7 heteroatoms. The van der Waals surface area contributed by atoms with E-state index in [1.165, 1.54) is 0 Å². The van der Waals surface area contributed by atoms with E-state index in [-0.39, 0.29) is 6.04 Å². The van der Waals surface area contributed by atoms with E-state index >= 15 is 0 Å². The summed E-state index contributed by atoms with van der Waals surface area (Å²) in [6, 6.07) is 0.216. The Morgan fingerprint density at radius 1 is 1.39 bits per heavy atom. The molecule has 0 N–H and O–H groups in total. The van der Waals surface area contributed by atoms with Crippen molar-refractivity contribution in [1.29, 1.82) is 0 Å². The SMILES string of the molecule is Cc1nc(CN2C[C@@H](F)C[C@H]2CN(C)Cc2cnccn2)cs1. The fourth-order valence-electron chi connectivity index (χ4n) is 3.11. The Morgan fingerprint density at radius 2 is 2.26 bits per heavy atom. The van der Waals surface area contributed by atoms with Gasteiger partial charge in [0.1, 0.15) is 6.17 Å². The molecule has 1 aliphatic heterocycles. The van der Waals surface area contributed by atoms with Gasteiger partial charge in [-0.3, -0.25) is 19.8 Å². The van der Waals surface area contributed by atoms with Crippen molar-refractivity contribution in [3.05, 3.63) is 40.4 Å². The van der Waals surface area contributed by atoms with Crippen LogP contribution < -0.4 is 0 Å². The minimum Gasteiger partial charge on any atom is -0.299 e. The maximum absolute atomic E-state index is 13.9. The quantitative estimate of drug-likeness (QED) is 0.810. The van der Waals surface area contributed by atoms with Crippen LogP contribution in [-0.4, -0.2) is 57.1 Å². The molecular formula is C16H22FN5S. The maximum atomic E-state index is 13.9. The van der Waals surface area contributed by atoms with Gasteiger partial charge in [-0.2, -0.15) is 0 Å². The fourth-order valence-corrected chi connectivity index (χ4v) is 3.71. The Kier molecular flexibility index (Phi) is 5.30. The van der Waals surface area contributed by atoms with Crippen molar-refractivity contribution in [1.82, 2.24) is 24.8 Å². The van der Waals surface area contributed by atoms with Gasteiger partial charge >= 0.3 is 0 Å². The lowest BCUT2D eigenvalue weighted by Gasteiger charge is -2.27. The zero-order valence-corrected chi connectivity index (χ0v) is 14.3. The molecule has 3 rings (SSSR count). The fraction of sp³-hybridized carbons (Fsp3) is 0.562. The van der Waals surface area contributed by atoms with Crippen LogP contribution in [0.25, 0.3) is 0 Å². The highest BCUT2D eigenvalue weighted by Gasteiger charge is 2.33. The smallest absolute Gasteiger partial charge is 0.114 e. The normalized spacial score (nSPS) is 22.1. The summed E-state index contributed by atoms with van der Waals surface area (Å²) in [4.78, 5) is 17.3. The molecule has 2 atom stereocenters. The molecule has 0 amide bonds. The van der Waals surface area contributed by atoms with E-state index in [0.717, 1.165) is 36.0 Å². The summed E-state index contributed by atoms with van der Waals surface area (Å²) in [5.41, 5.74) is 1.98. The van der Waals surface area contributed by atoms with Gasteiger partial charge in [0.25, 0.3) is 0 Å². The molecule has 2 aromatic rings. The van der Waals surface area contributed by atoms with Gasteiger partial charge in [-0.05, 0) is 20.4 Å². The van der Waals surface area contributed by atoms with Gasteiger partial charge in [-0.25, -0.2) is 9.37 Å². The van der Waals surface area contributed by atoms with Crippen molar-refractivity contribution in [2.45, 2.75) is 38.6 Å². The first kappa shape index (κ1) is 16.4. The van der Waals surface area contributed by atoms with Crippen molar-refractivity contribution in [2.75, 3.05) is 20.1 Å². The summed E-state index contributed by atoms with van der Waals surface area (Å²) < 4.78 is 13.9. The molecule has 0 spiro atoms. The van der Waals surface area contributed by atoms with E-state index in [1.54, 1.807) is 29.9 Å². The third kappa shape index (κ3) is 4.53. The third-order valence-electron chi connectivity index (χ3n) is 4.08. The van der Waals surface area contributed by atoms with Gasteiger partial charge < -0.3 is 0 Å². The zero-order valence-electron chi connectivity index (χ0n) is 13.5. The second kappa shape index (κ2) is 7.42. The summed E-state index contributed by atoms with van der Waals surface area (Å²) in [5, 5.41) is 3.13. The van der Waals surface area contributed by atoms with Gasteiger partial charge in [0.05, 0.1) is 16.4 Å². The first-order valence-corrected chi connectivity index (χ1v) is 8.70. The molecule has 2 aromatic heterocycles. The molecule has 1 fully saturated rings. The number of aromatic nitrogens is 3. The summed E-state index contributed by atoms with van der Waals surface area (Å²) in [5.74, 6) is 0. The van der Waals surface area contributed by atoms with Gasteiger partial charge in [-0.1, -0.05) is 0 Å². The number of aryl methyl sites for hydroxylation is 1. The van der Waals surface area contributed by atoms with Crippen LogP contribution in [0, 0.1) is 6.92 Å². The predicted octanol–water partition coefficient (Wildman–Crippen LogP) is 2.29. The van der Waals surface area contributed by atoms with Crippen molar-refractivity contribution in [2.24, 2.45) is 0 Å². The monoisotopic (exact) mass is 335 g/mol. The summed E-state index contributed by atoms with van der Waals surface area (Å²) in [6.07, 6.45) is 5.00. The number of hydrogen-bond donors (Lipinski definition) is 0. The topological polar surface area (TPSA) is 45.2 Å². The number of nitrogens with zero attached hydrogens (tertiary/aromatic N) is 5. The van der Waals surface area contributed by atoms with E-state index in [4.69, 9.17) is 0 Å². The minimum absolute atomic E-state index is 0.216. The highest BCUT2D eigenvalue weighted by atomic mass is 32.1. The summed E-state index contributed by atoms with van der Waals surface area (Å²) >= 11 is 1.65. The van der Waals surface area contributed by atoms with Crippen LogP contribution in [-0.2, 0) is 13.1 Å². The molecule has 0 radical (unpaired) electrons. The zero-order chi connectivity index (χ0) is 16.2. The lowest BCUT2D eigenvalue weighted by molar-refractivity contribution is 0.178. The minimum atomic E-state index is -0.746. The average Bonchev–Trinajstić information content (AvgIpc) is 3.06. The largest absolute Gasteiger partial charge is 0.299 e. The highest BCUT2D eigenvalue weighted by Crippen LogP contribution is 2.24. The highest BCUT2D eigenvalue weighted by molar-refractivity contribution is 7.09. The first-order valence-electron chi connectivity index (χ1n) is 7.82. The molecule has 3 heterocycles. The van der Waals surface area contributed by atoms with E-state index < -0.39 is 6.17 Å². The van der Waals surface area contributed by atoms with Crippen LogP contribution in [0.2, 0.25) is 0 Å². The van der Waals surface area contributed by atoms with Crippen LogP contribution in [0.4, 0.5) is 4.39 Å². The number of rotatable bonds is 6. The number of likely N-dealkylation sites (N-methyl/N-ethyl adjacent to an activating group) is 1. The van der Waals surface area contributed by atoms with Crippen LogP contribution in [0.1, 0.15) is 22.8 Å². The molecule has 1 aliphatic rings. The first-order chi connectivity index (χ1) is 11.1. The molecule has 0 bridgehead atoms. The number of likely N-dealkylation sites (tertiary alicyclic amines) is 1. The predicted molar refractivity (Wildman–Crippen MR) is 88.9 cm³/mol. The maximum Gasteiger partial charge on any atom is 0.114 e. The van der Waals surface area contributed by atoms with Crippen LogP contribution in [0.5, 0.6) is 0 Å². The van der Waals surface area contributed by atoms with E-state index in [1.807, 2.05) is 14.0 Å². The van der Waals surface area contributed by atoms with Gasteiger partial charge in [-0.15, -0.1) is 11.3 Å². The molecule has 0 unspecified atom stereocenters. The number of alkyl halides is 1. The molecule has 124 valence electrons. The van der Waals surface area contributed by atoms with Crippen LogP contribution >= 0.6 is 11.3 Å². The van der Waals surface area contributed by atoms with Crippen LogP contribution in [0.15, 0.2) is 24.0 Å². The third-order valence-corrected chi connectivity index (χ3v) is 4.90. The van der Waals surface area contributed by atoms with E-state index in [0.29, 0.717) is 13.0 Å². The Hall–Kier alpha value is -1.44. The van der Waals surface area contributed by atoms with E-state index in [9.17, 15) is 4.39 Å². The molecule has 0 aliphatic carbocycles. The Bertz CT molecular complexity index is 620. The molecular weight excluding hydrogens is 313 g/mol. The molecule has 23 heavy (non-hydrogen) atoms. The number of thiazole rings is 1. The Morgan fingerprint density at radius 3 is 2.96 bits per heavy atom. The van der Waals surface area contributed by atoms with Gasteiger partial charge in [0.15, 0.2) is 0 Å². The number of hydrogen-bond acceptors (Lipinski definition) is 6. The Labute approximate surface area is 140 Å². The lowest BCUT2D eigenvalue weighted by Crippen LogP contribution is -2.38. The molecule has 5 nitrogen and oxygen atoms in total. The van der Waals surface area contributed by atoms with E-state index in [2.05, 4.69) is 30.1 Å². The summed E-state index contributed by atoms with van der Waals surface area (Å²) in [7, 11) is 2.05. The van der Waals surface area contributed by atoms with Gasteiger partial charge in [0.2, 0.25) is 0 Å². The van der Waals surface area contributed by atoms with Crippen molar-refractivity contribution < 1.29 is 4.39 Å². The average molecular weight is 335 g/mol. The molecule has 1 saturated heterocycles. The molecule has 0 saturated carbocycles. The Balaban J connectivity index is 1.58. The van der Waals surface area contributed by atoms with Crippen molar-refractivity contribution >= 4 is 11.3 Å². The second-order valence-corrected chi connectivity index (χ2v) is 7.23. The second-order valence-electron chi connectivity index (χ2n) is 6.17. The lowest BCUT2D eigenvalue weighted by atomic mass is 10.2. The van der Waals surface area contributed by atoms with Crippen LogP contribution in [0.3, 0.4) is 0 Å². The standard InChI is InChI=1S/C16H22FN5S/c1-12-20-15(11-23-12)9-22-7-13(17)5-16(22)10-21(2)8-14-6-18-3-4-19-14/h3-4,6,11,13,16H,5,7-10H2,1-2H3/t13-,16-/m0/s1.